The van der Waals surface area contributed by atoms with Gasteiger partial charge < -0.3 is 11.5 Å². The fourth-order valence-corrected chi connectivity index (χ4v) is 3.28. The van der Waals surface area contributed by atoms with E-state index in [2.05, 4.69) is 0 Å². The lowest BCUT2D eigenvalue weighted by Gasteiger charge is -2.22. The Kier molecular flexibility index (Phi) is 3.44. The van der Waals surface area contributed by atoms with Crippen LogP contribution in [0.4, 0.5) is 11.4 Å². The summed E-state index contributed by atoms with van der Waals surface area (Å²) in [6.07, 6.45) is 0. The van der Waals surface area contributed by atoms with Crippen LogP contribution in [0.5, 0.6) is 0 Å². The Morgan fingerprint density at radius 2 is 1.27 bits per heavy atom. The maximum Gasteiger partial charge on any atom is 0.196 e. The van der Waals surface area contributed by atoms with Crippen molar-refractivity contribution in [3.8, 4) is 0 Å². The Morgan fingerprint density at radius 3 is 1.88 bits per heavy atom. The predicted molar refractivity (Wildman–Crippen MR) is 98.4 cm³/mol. The van der Waals surface area contributed by atoms with E-state index in [0.29, 0.717) is 11.1 Å². The maximum absolute atomic E-state index is 12.9. The van der Waals surface area contributed by atoms with Gasteiger partial charge in [0.1, 0.15) is 0 Å². The monoisotopic (exact) mass is 342 g/mol. The summed E-state index contributed by atoms with van der Waals surface area (Å²) in [5.41, 5.74) is 13.5. The molecule has 0 heterocycles. The van der Waals surface area contributed by atoms with E-state index in [1.165, 1.54) is 6.07 Å². The predicted octanol–water partition coefficient (Wildman–Crippen LogP) is 2.86. The smallest absolute Gasteiger partial charge is 0.196 e. The van der Waals surface area contributed by atoms with Crippen molar-refractivity contribution >= 4 is 28.7 Å². The van der Waals surface area contributed by atoms with Crippen molar-refractivity contribution in [2.45, 2.75) is 0 Å². The number of carbonyl (C=O) groups is 3. The zero-order chi connectivity index (χ0) is 18.4. The molecule has 0 aliphatic heterocycles. The van der Waals surface area contributed by atoms with Crippen LogP contribution in [0.1, 0.15) is 47.8 Å². The second-order valence-electron chi connectivity index (χ2n) is 6.08. The Hall–Kier alpha value is -3.73. The molecule has 0 spiro atoms. The molecule has 0 amide bonds. The Balaban J connectivity index is 1.96. The van der Waals surface area contributed by atoms with Crippen molar-refractivity contribution in [3.05, 3.63) is 94.0 Å². The van der Waals surface area contributed by atoms with Gasteiger partial charge in [-0.25, -0.2) is 0 Å². The topological polar surface area (TPSA) is 103 Å². The molecule has 0 aromatic heterocycles. The summed E-state index contributed by atoms with van der Waals surface area (Å²) in [6, 6.07) is 16.4. The van der Waals surface area contributed by atoms with Gasteiger partial charge in [0.25, 0.3) is 0 Å². The number of carbonyl (C=O) groups excluding carboxylic acids is 3. The highest BCUT2D eigenvalue weighted by Crippen LogP contribution is 2.36. The number of nitrogens with two attached hydrogens (primary N) is 2. The molecule has 4 rings (SSSR count). The maximum atomic E-state index is 12.9. The number of hydrogen-bond acceptors (Lipinski definition) is 5. The first-order chi connectivity index (χ1) is 12.5. The summed E-state index contributed by atoms with van der Waals surface area (Å²) < 4.78 is 0. The van der Waals surface area contributed by atoms with Crippen LogP contribution in [0.25, 0.3) is 0 Å². The molecule has 0 bridgehead atoms. The van der Waals surface area contributed by atoms with E-state index in [0.717, 1.165) is 0 Å². The van der Waals surface area contributed by atoms with Crippen molar-refractivity contribution in [2.24, 2.45) is 0 Å². The minimum absolute atomic E-state index is 0.00739. The van der Waals surface area contributed by atoms with E-state index >= 15 is 0 Å². The molecule has 0 radical (unpaired) electrons. The van der Waals surface area contributed by atoms with Crippen LogP contribution >= 0.6 is 0 Å². The summed E-state index contributed by atoms with van der Waals surface area (Å²) in [6.45, 7) is 0. The molecule has 3 aromatic carbocycles. The minimum Gasteiger partial charge on any atom is -0.398 e. The second-order valence-corrected chi connectivity index (χ2v) is 6.08. The zero-order valence-corrected chi connectivity index (χ0v) is 13.7. The number of anilines is 2. The van der Waals surface area contributed by atoms with Crippen molar-refractivity contribution in [1.82, 2.24) is 0 Å². The van der Waals surface area contributed by atoms with Crippen molar-refractivity contribution in [3.63, 3.8) is 0 Å². The van der Waals surface area contributed by atoms with Gasteiger partial charge in [-0.1, -0.05) is 54.6 Å². The Morgan fingerprint density at radius 1 is 0.731 bits per heavy atom. The number of benzene rings is 3. The molecule has 0 fully saturated rings. The molecule has 1 aliphatic carbocycles. The molecule has 0 atom stereocenters. The summed E-state index contributed by atoms with van der Waals surface area (Å²) >= 11 is 0. The molecule has 26 heavy (non-hydrogen) atoms. The molecule has 3 aromatic rings. The third-order valence-electron chi connectivity index (χ3n) is 4.55. The first-order valence-corrected chi connectivity index (χ1v) is 8.01. The standard InChI is InChI=1S/C21H14N2O3/c22-15-10-14(19(24)11-6-2-1-3-7-11)18(23)17-16(15)20(25)12-8-4-5-9-13(12)21(17)26/h1-10H,22-23H2. The van der Waals surface area contributed by atoms with Crippen molar-refractivity contribution < 1.29 is 14.4 Å². The van der Waals surface area contributed by atoms with Crippen LogP contribution in [0.2, 0.25) is 0 Å². The molecule has 0 unspecified atom stereocenters. The highest BCUT2D eigenvalue weighted by atomic mass is 16.1. The van der Waals surface area contributed by atoms with Crippen LogP contribution in [-0.2, 0) is 0 Å². The lowest BCUT2D eigenvalue weighted by atomic mass is 9.80. The molecule has 0 saturated carbocycles. The van der Waals surface area contributed by atoms with E-state index in [-0.39, 0.29) is 45.2 Å². The van der Waals surface area contributed by atoms with Crippen LogP contribution in [0.3, 0.4) is 0 Å². The van der Waals surface area contributed by atoms with Gasteiger partial charge in [0.2, 0.25) is 0 Å². The van der Waals surface area contributed by atoms with Crippen LogP contribution in [0, 0.1) is 0 Å². The lowest BCUT2D eigenvalue weighted by molar-refractivity contribution is 0.0979. The third-order valence-corrected chi connectivity index (χ3v) is 4.55. The molecule has 126 valence electrons. The van der Waals surface area contributed by atoms with Crippen molar-refractivity contribution in [1.29, 1.82) is 0 Å². The number of fused-ring (bicyclic) bond motifs is 2. The van der Waals surface area contributed by atoms with Gasteiger partial charge in [0, 0.05) is 27.9 Å². The average molecular weight is 342 g/mol. The van der Waals surface area contributed by atoms with E-state index in [1.807, 2.05) is 0 Å². The molecule has 1 aliphatic rings. The van der Waals surface area contributed by atoms with Crippen LogP contribution in [-0.4, -0.2) is 17.3 Å². The summed E-state index contributed by atoms with van der Waals surface area (Å²) in [5.74, 6) is -1.11. The highest BCUT2D eigenvalue weighted by Gasteiger charge is 2.34. The average Bonchev–Trinajstić information content (AvgIpc) is 2.67. The van der Waals surface area contributed by atoms with E-state index in [1.54, 1.807) is 54.6 Å². The first-order valence-electron chi connectivity index (χ1n) is 8.01. The van der Waals surface area contributed by atoms with E-state index in [4.69, 9.17) is 11.5 Å². The summed E-state index contributed by atoms with van der Waals surface area (Å²) in [4.78, 5) is 38.6. The fraction of sp³-hybridized carbons (Fsp3) is 0. The summed E-state index contributed by atoms with van der Waals surface area (Å²) in [5, 5.41) is 0. The summed E-state index contributed by atoms with van der Waals surface area (Å²) in [7, 11) is 0. The van der Waals surface area contributed by atoms with Crippen molar-refractivity contribution in [2.75, 3.05) is 11.5 Å². The Labute approximate surface area is 149 Å². The quantitative estimate of drug-likeness (QED) is 0.431. The van der Waals surface area contributed by atoms with E-state index < -0.39 is 5.78 Å². The van der Waals surface area contributed by atoms with Gasteiger partial charge in [0.05, 0.1) is 16.8 Å². The van der Waals surface area contributed by atoms with Gasteiger partial charge in [0.15, 0.2) is 17.3 Å². The Bertz CT molecular complexity index is 1100. The van der Waals surface area contributed by atoms with Gasteiger partial charge >= 0.3 is 0 Å². The lowest BCUT2D eigenvalue weighted by Crippen LogP contribution is -2.25. The zero-order valence-electron chi connectivity index (χ0n) is 13.7. The molecular weight excluding hydrogens is 328 g/mol. The van der Waals surface area contributed by atoms with Crippen LogP contribution < -0.4 is 11.5 Å². The number of nitrogen functional groups attached to an aromatic ring is 2. The number of rotatable bonds is 2. The van der Waals surface area contributed by atoms with E-state index in [9.17, 15) is 14.4 Å². The van der Waals surface area contributed by atoms with Crippen LogP contribution in [0.15, 0.2) is 60.7 Å². The fourth-order valence-electron chi connectivity index (χ4n) is 3.28. The third kappa shape index (κ3) is 2.14. The van der Waals surface area contributed by atoms with Gasteiger partial charge in [-0.3, -0.25) is 14.4 Å². The van der Waals surface area contributed by atoms with Gasteiger partial charge in [-0.15, -0.1) is 0 Å². The second kappa shape index (κ2) is 5.67. The molecular formula is C21H14N2O3. The number of ketones is 3. The molecule has 5 nitrogen and oxygen atoms in total. The first kappa shape index (κ1) is 15.8. The molecule has 5 heteroatoms. The molecule has 4 N–H and O–H groups in total. The highest BCUT2D eigenvalue weighted by molar-refractivity contribution is 6.33. The van der Waals surface area contributed by atoms with Gasteiger partial charge in [-0.2, -0.15) is 0 Å². The molecule has 0 saturated heterocycles. The number of hydrogen-bond donors (Lipinski definition) is 2. The largest absolute Gasteiger partial charge is 0.398 e. The van der Waals surface area contributed by atoms with Gasteiger partial charge in [-0.05, 0) is 6.07 Å². The SMILES string of the molecule is Nc1cc(C(=O)c2ccccc2)c(N)c2c1C(=O)c1ccccc1C2=O. The normalized spacial score (nSPS) is 12.5. The minimum atomic E-state index is -0.401.